The molecule has 2 heteroatoms. The summed E-state index contributed by atoms with van der Waals surface area (Å²) in [6.07, 6.45) is 5.96. The normalized spacial score (nSPS) is 22.7. The Morgan fingerprint density at radius 2 is 1.67 bits per heavy atom. The van der Waals surface area contributed by atoms with Gasteiger partial charge in [0.05, 0.1) is 5.76 Å². The van der Waals surface area contributed by atoms with Crippen molar-refractivity contribution in [3.63, 3.8) is 0 Å². The molecular formula is C16H32OSi. The van der Waals surface area contributed by atoms with Crippen molar-refractivity contribution >= 4 is 8.32 Å². The van der Waals surface area contributed by atoms with Gasteiger partial charge in [0.25, 0.3) is 0 Å². The molecule has 0 radical (unpaired) electrons. The molecule has 0 spiro atoms. The van der Waals surface area contributed by atoms with Gasteiger partial charge in [-0.3, -0.25) is 0 Å². The fraction of sp³-hybridized carbons (Fsp3) is 0.875. The molecule has 1 aliphatic carbocycles. The molecule has 106 valence electrons. The molecule has 0 saturated heterocycles. The minimum atomic E-state index is -1.63. The van der Waals surface area contributed by atoms with Crippen molar-refractivity contribution < 1.29 is 4.43 Å². The molecule has 1 nitrogen and oxygen atoms in total. The Morgan fingerprint density at radius 1 is 1.11 bits per heavy atom. The summed E-state index contributed by atoms with van der Waals surface area (Å²) in [5, 5.41) is 0.300. The van der Waals surface area contributed by atoms with E-state index in [0.717, 1.165) is 12.3 Å². The summed E-state index contributed by atoms with van der Waals surface area (Å²) in [5.41, 5.74) is 0.430. The molecule has 0 amide bonds. The third-order valence-electron chi connectivity index (χ3n) is 4.79. The zero-order valence-electron chi connectivity index (χ0n) is 13.7. The van der Waals surface area contributed by atoms with Gasteiger partial charge in [-0.15, -0.1) is 0 Å². The van der Waals surface area contributed by atoms with Crippen LogP contribution in [0.1, 0.15) is 60.8 Å². The topological polar surface area (TPSA) is 9.23 Å². The zero-order chi connectivity index (χ0) is 14.2. The summed E-state index contributed by atoms with van der Waals surface area (Å²) in [5.74, 6) is 2.08. The standard InChI is InChI=1S/C16H32OSi/c1-15(2,3)13-9-11-14(12-10-13)17-18(7,8)16(4,5)6/h11,13H,9-10,12H2,1-8H3. The van der Waals surface area contributed by atoms with Crippen LogP contribution in [0.2, 0.25) is 18.1 Å². The number of hydrogen-bond acceptors (Lipinski definition) is 1. The van der Waals surface area contributed by atoms with Crippen LogP contribution in [0.4, 0.5) is 0 Å². The average molecular weight is 269 g/mol. The lowest BCUT2D eigenvalue weighted by Gasteiger charge is -2.40. The molecule has 1 aliphatic rings. The molecule has 0 N–H and O–H groups in total. The predicted molar refractivity (Wildman–Crippen MR) is 83.2 cm³/mol. The van der Waals surface area contributed by atoms with E-state index in [2.05, 4.69) is 60.7 Å². The molecule has 1 atom stereocenters. The first-order valence-electron chi connectivity index (χ1n) is 7.31. The maximum atomic E-state index is 6.40. The van der Waals surface area contributed by atoms with Gasteiger partial charge in [0.1, 0.15) is 0 Å². The van der Waals surface area contributed by atoms with Gasteiger partial charge in [0.2, 0.25) is 8.32 Å². The van der Waals surface area contributed by atoms with Crippen molar-refractivity contribution in [1.29, 1.82) is 0 Å². The zero-order valence-corrected chi connectivity index (χ0v) is 14.7. The molecule has 0 saturated carbocycles. The van der Waals surface area contributed by atoms with E-state index in [-0.39, 0.29) is 0 Å². The minimum Gasteiger partial charge on any atom is -0.547 e. The van der Waals surface area contributed by atoms with Gasteiger partial charge in [-0.2, -0.15) is 0 Å². The quantitative estimate of drug-likeness (QED) is 0.580. The molecule has 0 aliphatic heterocycles. The molecule has 1 rings (SSSR count). The van der Waals surface area contributed by atoms with Crippen LogP contribution in [-0.4, -0.2) is 8.32 Å². The Morgan fingerprint density at radius 3 is 2.00 bits per heavy atom. The molecular weight excluding hydrogens is 236 g/mol. The van der Waals surface area contributed by atoms with Gasteiger partial charge >= 0.3 is 0 Å². The highest BCUT2D eigenvalue weighted by Gasteiger charge is 2.40. The second-order valence-corrected chi connectivity index (χ2v) is 13.1. The highest BCUT2D eigenvalue weighted by Crippen LogP contribution is 2.42. The molecule has 18 heavy (non-hydrogen) atoms. The number of rotatable bonds is 2. The highest BCUT2D eigenvalue weighted by atomic mass is 28.4. The number of hydrogen-bond donors (Lipinski definition) is 0. The summed E-state index contributed by atoms with van der Waals surface area (Å²) < 4.78 is 6.40. The Balaban J connectivity index is 2.65. The van der Waals surface area contributed by atoms with Crippen molar-refractivity contribution in [2.45, 2.75) is 78.9 Å². The summed E-state index contributed by atoms with van der Waals surface area (Å²) in [7, 11) is -1.63. The van der Waals surface area contributed by atoms with E-state index < -0.39 is 8.32 Å². The SMILES string of the molecule is CC(C)(C)C1CC=C(O[Si](C)(C)C(C)(C)C)CC1. The Bertz CT molecular complexity index is 315. The largest absolute Gasteiger partial charge is 0.547 e. The lowest BCUT2D eigenvalue weighted by atomic mass is 9.74. The van der Waals surface area contributed by atoms with E-state index in [4.69, 9.17) is 4.43 Å². The summed E-state index contributed by atoms with van der Waals surface area (Å²) in [6, 6.07) is 0. The lowest BCUT2D eigenvalue weighted by Crippen LogP contribution is -2.40. The second kappa shape index (κ2) is 5.03. The van der Waals surface area contributed by atoms with Crippen LogP contribution in [0.3, 0.4) is 0 Å². The molecule has 0 aromatic rings. The van der Waals surface area contributed by atoms with E-state index in [0.29, 0.717) is 10.5 Å². The minimum absolute atomic E-state index is 0.300. The van der Waals surface area contributed by atoms with Gasteiger partial charge in [0.15, 0.2) is 0 Å². The first-order valence-corrected chi connectivity index (χ1v) is 10.2. The maximum absolute atomic E-state index is 6.40. The van der Waals surface area contributed by atoms with Crippen molar-refractivity contribution in [2.75, 3.05) is 0 Å². The van der Waals surface area contributed by atoms with Gasteiger partial charge < -0.3 is 4.43 Å². The van der Waals surface area contributed by atoms with E-state index in [1.165, 1.54) is 18.6 Å². The molecule has 0 bridgehead atoms. The monoisotopic (exact) mass is 268 g/mol. The van der Waals surface area contributed by atoms with Crippen LogP contribution in [0.25, 0.3) is 0 Å². The second-order valence-electron chi connectivity index (χ2n) is 8.37. The first-order chi connectivity index (χ1) is 7.93. The molecule has 0 heterocycles. The third-order valence-corrected chi connectivity index (χ3v) is 9.17. The van der Waals surface area contributed by atoms with Gasteiger partial charge in [-0.25, -0.2) is 0 Å². The van der Waals surface area contributed by atoms with E-state index in [1.807, 2.05) is 0 Å². The van der Waals surface area contributed by atoms with E-state index >= 15 is 0 Å². The van der Waals surface area contributed by atoms with Gasteiger partial charge in [0, 0.05) is 6.42 Å². The lowest BCUT2D eigenvalue weighted by molar-refractivity contribution is 0.204. The molecule has 1 unspecified atom stereocenters. The van der Waals surface area contributed by atoms with Crippen molar-refractivity contribution in [2.24, 2.45) is 11.3 Å². The number of allylic oxidation sites excluding steroid dienone is 2. The van der Waals surface area contributed by atoms with E-state index in [1.54, 1.807) is 0 Å². The van der Waals surface area contributed by atoms with Crippen LogP contribution in [0.15, 0.2) is 11.8 Å². The molecule has 0 fully saturated rings. The van der Waals surface area contributed by atoms with Crippen molar-refractivity contribution in [1.82, 2.24) is 0 Å². The maximum Gasteiger partial charge on any atom is 0.250 e. The fourth-order valence-electron chi connectivity index (χ4n) is 2.17. The third kappa shape index (κ3) is 3.88. The van der Waals surface area contributed by atoms with Crippen LogP contribution in [0, 0.1) is 11.3 Å². The molecule has 0 aromatic carbocycles. The van der Waals surface area contributed by atoms with Crippen LogP contribution in [0.5, 0.6) is 0 Å². The summed E-state index contributed by atoms with van der Waals surface area (Å²) in [6.45, 7) is 18.6. The van der Waals surface area contributed by atoms with Crippen LogP contribution in [-0.2, 0) is 4.43 Å². The van der Waals surface area contributed by atoms with Gasteiger partial charge in [-0.05, 0) is 48.4 Å². The molecule has 0 aromatic heterocycles. The van der Waals surface area contributed by atoms with Crippen molar-refractivity contribution in [3.8, 4) is 0 Å². The van der Waals surface area contributed by atoms with Crippen molar-refractivity contribution in [3.05, 3.63) is 11.8 Å². The first kappa shape index (κ1) is 15.8. The van der Waals surface area contributed by atoms with Crippen LogP contribution >= 0.6 is 0 Å². The average Bonchev–Trinajstić information content (AvgIpc) is 2.14. The Labute approximate surface area is 115 Å². The highest BCUT2D eigenvalue weighted by molar-refractivity contribution is 6.74. The Hall–Kier alpha value is -0.243. The van der Waals surface area contributed by atoms with Gasteiger partial charge in [-0.1, -0.05) is 41.5 Å². The predicted octanol–water partition coefficient (Wildman–Crippen LogP) is 5.74. The smallest absolute Gasteiger partial charge is 0.250 e. The summed E-state index contributed by atoms with van der Waals surface area (Å²) in [4.78, 5) is 0. The summed E-state index contributed by atoms with van der Waals surface area (Å²) >= 11 is 0. The van der Waals surface area contributed by atoms with Crippen LogP contribution < -0.4 is 0 Å². The Kier molecular flexibility index (Phi) is 4.42. The van der Waals surface area contributed by atoms with E-state index in [9.17, 15) is 0 Å². The fourth-order valence-corrected chi connectivity index (χ4v) is 3.32.